The van der Waals surface area contributed by atoms with Crippen LogP contribution in [0.25, 0.3) is 0 Å². The van der Waals surface area contributed by atoms with Crippen molar-refractivity contribution in [1.82, 2.24) is 5.32 Å². The van der Waals surface area contributed by atoms with E-state index < -0.39 is 28.8 Å². The molecule has 112 valence electrons. The van der Waals surface area contributed by atoms with E-state index in [4.69, 9.17) is 5.14 Å². The minimum Gasteiger partial charge on any atom is -0.329 e. The van der Waals surface area contributed by atoms with Gasteiger partial charge in [-0.15, -0.1) is 0 Å². The molecule has 0 heterocycles. The van der Waals surface area contributed by atoms with Gasteiger partial charge in [-0.3, -0.25) is 4.90 Å². The summed E-state index contributed by atoms with van der Waals surface area (Å²) >= 11 is 0. The number of alkyl halides is 3. The lowest BCUT2D eigenvalue weighted by Gasteiger charge is -2.19. The van der Waals surface area contributed by atoms with E-state index in [-0.39, 0.29) is 10.6 Å². The number of hydrogen-bond donors (Lipinski definition) is 2. The first kappa shape index (κ1) is 16.2. The highest BCUT2D eigenvalue weighted by molar-refractivity contribution is 7.89. The summed E-state index contributed by atoms with van der Waals surface area (Å²) in [5.74, 6) is 0. The number of carbonyl (C=O) groups is 1. The van der Waals surface area contributed by atoms with Gasteiger partial charge in [-0.25, -0.2) is 18.4 Å². The summed E-state index contributed by atoms with van der Waals surface area (Å²) in [5.41, 5.74) is 0.220. The van der Waals surface area contributed by atoms with E-state index in [1.54, 1.807) is 5.32 Å². The zero-order valence-electron chi connectivity index (χ0n) is 10.3. The van der Waals surface area contributed by atoms with E-state index in [0.29, 0.717) is 0 Å². The summed E-state index contributed by atoms with van der Waals surface area (Å²) in [7, 11) is -2.62. The number of primary sulfonamides is 1. The second kappa shape index (κ2) is 5.67. The number of nitrogens with zero attached hydrogens (tertiary/aromatic N) is 1. The van der Waals surface area contributed by atoms with Crippen LogP contribution in [0, 0.1) is 0 Å². The van der Waals surface area contributed by atoms with Crippen LogP contribution in [0.15, 0.2) is 29.2 Å². The van der Waals surface area contributed by atoms with Gasteiger partial charge in [-0.05, 0) is 24.3 Å². The molecule has 0 saturated carbocycles. The van der Waals surface area contributed by atoms with E-state index in [0.717, 1.165) is 17.0 Å². The molecule has 0 aromatic heterocycles. The lowest BCUT2D eigenvalue weighted by Crippen LogP contribution is -2.41. The molecule has 10 heteroatoms. The molecule has 0 spiro atoms. The Morgan fingerprint density at radius 3 is 2.20 bits per heavy atom. The van der Waals surface area contributed by atoms with Crippen molar-refractivity contribution < 1.29 is 26.4 Å². The summed E-state index contributed by atoms with van der Waals surface area (Å²) < 4.78 is 57.9. The molecule has 0 atom stereocenters. The third kappa shape index (κ3) is 4.70. The Morgan fingerprint density at radius 1 is 1.30 bits per heavy atom. The van der Waals surface area contributed by atoms with Gasteiger partial charge in [-0.1, -0.05) is 0 Å². The molecule has 0 fully saturated rings. The summed E-state index contributed by atoms with van der Waals surface area (Å²) in [4.78, 5) is 12.2. The highest BCUT2D eigenvalue weighted by Crippen LogP contribution is 2.17. The van der Waals surface area contributed by atoms with Crippen LogP contribution in [0.3, 0.4) is 0 Å². The quantitative estimate of drug-likeness (QED) is 0.873. The van der Waals surface area contributed by atoms with Gasteiger partial charge in [0.15, 0.2) is 0 Å². The molecule has 3 N–H and O–H groups in total. The lowest BCUT2D eigenvalue weighted by molar-refractivity contribution is -0.122. The van der Waals surface area contributed by atoms with Gasteiger partial charge >= 0.3 is 12.2 Å². The maximum absolute atomic E-state index is 12.0. The van der Waals surface area contributed by atoms with Gasteiger partial charge < -0.3 is 5.32 Å². The standard InChI is InChI=1S/C10H12F3N3O3S/c1-16(9(17)15-6-10(11,12)13)7-2-4-8(5-3-7)20(14,18)19/h2-5H,6H2,1H3,(H,15,17)(H2,14,18,19). The third-order valence-corrected chi connectivity index (χ3v) is 3.23. The molecule has 0 bridgehead atoms. The van der Waals surface area contributed by atoms with Crippen LogP contribution >= 0.6 is 0 Å². The molecule has 0 unspecified atom stereocenters. The molecule has 0 aliphatic heterocycles. The zero-order valence-corrected chi connectivity index (χ0v) is 11.1. The SMILES string of the molecule is CN(C(=O)NCC(F)(F)F)c1ccc(S(N)(=O)=O)cc1. The number of benzene rings is 1. The molecule has 0 aliphatic rings. The second-order valence-electron chi connectivity index (χ2n) is 3.87. The first-order valence-corrected chi connectivity index (χ1v) is 6.76. The molecule has 1 rings (SSSR count). The van der Waals surface area contributed by atoms with Crippen LogP contribution < -0.4 is 15.4 Å². The Bertz CT molecular complexity index is 584. The number of nitrogens with two attached hydrogens (primary N) is 1. The minimum atomic E-state index is -4.51. The number of anilines is 1. The average Bonchev–Trinajstić information content (AvgIpc) is 2.33. The van der Waals surface area contributed by atoms with E-state index in [1.165, 1.54) is 19.2 Å². The van der Waals surface area contributed by atoms with Gasteiger partial charge in [0.25, 0.3) is 0 Å². The Labute approximate surface area is 113 Å². The first-order chi connectivity index (χ1) is 9.00. The van der Waals surface area contributed by atoms with Crippen molar-refractivity contribution in [3.8, 4) is 0 Å². The fourth-order valence-corrected chi connectivity index (χ4v) is 1.79. The normalized spacial score (nSPS) is 12.1. The van der Waals surface area contributed by atoms with Crippen molar-refractivity contribution in [2.75, 3.05) is 18.5 Å². The summed E-state index contributed by atoms with van der Waals surface area (Å²) in [6, 6.07) is 3.85. The number of halogens is 3. The van der Waals surface area contributed by atoms with E-state index in [2.05, 4.69) is 0 Å². The largest absolute Gasteiger partial charge is 0.405 e. The van der Waals surface area contributed by atoms with E-state index in [1.807, 2.05) is 0 Å². The van der Waals surface area contributed by atoms with Crippen molar-refractivity contribution in [3.63, 3.8) is 0 Å². The van der Waals surface area contributed by atoms with Crippen molar-refractivity contribution in [3.05, 3.63) is 24.3 Å². The van der Waals surface area contributed by atoms with Crippen molar-refractivity contribution in [1.29, 1.82) is 0 Å². The molecule has 1 aromatic carbocycles. The predicted octanol–water partition coefficient (Wildman–Crippen LogP) is 1.04. The molecular formula is C10H12F3N3O3S. The number of nitrogens with one attached hydrogen (secondary N) is 1. The summed E-state index contributed by atoms with van der Waals surface area (Å²) in [5, 5.41) is 6.58. The number of urea groups is 1. The summed E-state index contributed by atoms with van der Waals surface area (Å²) in [6.07, 6.45) is -4.51. The van der Waals surface area contributed by atoms with Gasteiger partial charge in [0.2, 0.25) is 10.0 Å². The maximum atomic E-state index is 12.0. The number of hydrogen-bond acceptors (Lipinski definition) is 3. The smallest absolute Gasteiger partial charge is 0.329 e. The fraction of sp³-hybridized carbons (Fsp3) is 0.300. The average molecular weight is 311 g/mol. The monoisotopic (exact) mass is 311 g/mol. The van der Waals surface area contributed by atoms with Crippen molar-refractivity contribution in [2.45, 2.75) is 11.1 Å². The molecule has 6 nitrogen and oxygen atoms in total. The number of amides is 2. The van der Waals surface area contributed by atoms with Crippen LogP contribution in [0.4, 0.5) is 23.7 Å². The minimum absolute atomic E-state index is 0.162. The molecule has 1 aromatic rings. The third-order valence-electron chi connectivity index (χ3n) is 2.30. The Hall–Kier alpha value is -1.81. The van der Waals surface area contributed by atoms with Gasteiger partial charge in [-0.2, -0.15) is 13.2 Å². The van der Waals surface area contributed by atoms with Gasteiger partial charge in [0.1, 0.15) is 6.54 Å². The fourth-order valence-electron chi connectivity index (χ4n) is 1.27. The van der Waals surface area contributed by atoms with Crippen molar-refractivity contribution in [2.24, 2.45) is 5.14 Å². The molecule has 0 radical (unpaired) electrons. The Kier molecular flexibility index (Phi) is 4.61. The maximum Gasteiger partial charge on any atom is 0.405 e. The molecular weight excluding hydrogens is 299 g/mol. The van der Waals surface area contributed by atoms with Crippen LogP contribution in [-0.2, 0) is 10.0 Å². The second-order valence-corrected chi connectivity index (χ2v) is 5.43. The summed E-state index contributed by atoms with van der Waals surface area (Å²) in [6.45, 7) is -1.45. The molecule has 0 saturated heterocycles. The van der Waals surface area contributed by atoms with Crippen LogP contribution in [0.1, 0.15) is 0 Å². The van der Waals surface area contributed by atoms with E-state index in [9.17, 15) is 26.4 Å². The van der Waals surface area contributed by atoms with Gasteiger partial charge in [0.05, 0.1) is 4.90 Å². The van der Waals surface area contributed by atoms with Gasteiger partial charge in [0, 0.05) is 12.7 Å². The topological polar surface area (TPSA) is 92.5 Å². The number of rotatable bonds is 3. The van der Waals surface area contributed by atoms with Crippen LogP contribution in [-0.4, -0.2) is 34.2 Å². The predicted molar refractivity (Wildman–Crippen MR) is 65.7 cm³/mol. The number of sulfonamides is 1. The van der Waals surface area contributed by atoms with Crippen LogP contribution in [0.5, 0.6) is 0 Å². The van der Waals surface area contributed by atoms with Crippen molar-refractivity contribution >= 4 is 21.7 Å². The Balaban J connectivity index is 2.77. The molecule has 0 aliphatic carbocycles. The highest BCUT2D eigenvalue weighted by atomic mass is 32.2. The Morgan fingerprint density at radius 2 is 1.80 bits per heavy atom. The van der Waals surface area contributed by atoms with Crippen LogP contribution in [0.2, 0.25) is 0 Å². The zero-order chi connectivity index (χ0) is 15.6. The first-order valence-electron chi connectivity index (χ1n) is 5.22. The van der Waals surface area contributed by atoms with E-state index >= 15 is 0 Å². The highest BCUT2D eigenvalue weighted by Gasteiger charge is 2.28. The number of carbonyl (C=O) groups excluding carboxylic acids is 1. The lowest BCUT2D eigenvalue weighted by atomic mass is 10.3. The molecule has 20 heavy (non-hydrogen) atoms. The molecule has 2 amide bonds.